The molecule has 1 saturated heterocycles. The third-order valence-electron chi connectivity index (χ3n) is 4.22. The van der Waals surface area contributed by atoms with Crippen molar-refractivity contribution in [3.8, 4) is 11.5 Å². The number of piperidine rings is 1. The van der Waals surface area contributed by atoms with E-state index in [4.69, 9.17) is 5.73 Å². The Bertz CT molecular complexity index is 615. The van der Waals surface area contributed by atoms with E-state index in [2.05, 4.69) is 39.0 Å². The molecule has 2 unspecified atom stereocenters. The Kier molecular flexibility index (Phi) is 3.67. The molecule has 7 nitrogen and oxygen atoms in total. The molecule has 3 rings (SSSR count). The Morgan fingerprint density at radius 2 is 2.29 bits per heavy atom. The summed E-state index contributed by atoms with van der Waals surface area (Å²) in [6.45, 7) is 8.83. The summed E-state index contributed by atoms with van der Waals surface area (Å²) < 4.78 is 1.93. The van der Waals surface area contributed by atoms with E-state index in [-0.39, 0.29) is 6.04 Å². The number of hydrogen-bond donors (Lipinski definition) is 2. The molecule has 1 aliphatic heterocycles. The van der Waals surface area contributed by atoms with Crippen molar-refractivity contribution in [3.63, 3.8) is 0 Å². The van der Waals surface area contributed by atoms with Crippen molar-refractivity contribution < 1.29 is 0 Å². The lowest BCUT2D eigenvalue weighted by molar-refractivity contribution is 0.376. The second kappa shape index (κ2) is 5.48. The number of H-pyrrole nitrogens is 1. The van der Waals surface area contributed by atoms with E-state index < -0.39 is 0 Å². The van der Waals surface area contributed by atoms with Crippen molar-refractivity contribution in [2.24, 2.45) is 11.7 Å². The molecule has 2 aromatic rings. The van der Waals surface area contributed by atoms with Crippen LogP contribution in [0.5, 0.6) is 0 Å². The first-order valence-corrected chi connectivity index (χ1v) is 7.56. The van der Waals surface area contributed by atoms with E-state index in [1.54, 1.807) is 0 Å². The van der Waals surface area contributed by atoms with E-state index in [0.29, 0.717) is 5.92 Å². The molecule has 0 spiro atoms. The second-order valence-electron chi connectivity index (χ2n) is 5.85. The summed E-state index contributed by atoms with van der Waals surface area (Å²) in [5.74, 6) is 2.05. The highest BCUT2D eigenvalue weighted by Gasteiger charge is 2.25. The minimum atomic E-state index is 0.184. The molecule has 2 atom stereocenters. The zero-order valence-corrected chi connectivity index (χ0v) is 12.9. The highest BCUT2D eigenvalue weighted by molar-refractivity contribution is 5.52. The Hall–Kier alpha value is -1.89. The monoisotopic (exact) mass is 289 g/mol. The van der Waals surface area contributed by atoms with Crippen LogP contribution in [0.2, 0.25) is 0 Å². The van der Waals surface area contributed by atoms with Crippen molar-refractivity contribution in [2.45, 2.75) is 39.8 Å². The van der Waals surface area contributed by atoms with E-state index in [9.17, 15) is 0 Å². The fourth-order valence-electron chi connectivity index (χ4n) is 2.77. The van der Waals surface area contributed by atoms with Gasteiger partial charge in [-0.15, -0.1) is 5.10 Å². The van der Waals surface area contributed by atoms with Gasteiger partial charge in [-0.3, -0.25) is 9.78 Å². The zero-order chi connectivity index (χ0) is 15.0. The Balaban J connectivity index is 1.83. The van der Waals surface area contributed by atoms with Gasteiger partial charge in [0.05, 0.1) is 5.69 Å². The van der Waals surface area contributed by atoms with Crippen LogP contribution in [0.3, 0.4) is 0 Å². The molecular weight excluding hydrogens is 266 g/mol. The van der Waals surface area contributed by atoms with E-state index in [0.717, 1.165) is 49.2 Å². The molecule has 2 aromatic heterocycles. The maximum absolute atomic E-state index is 6.15. The number of rotatable bonds is 3. The first kappa shape index (κ1) is 14.1. The molecule has 0 bridgehead atoms. The maximum atomic E-state index is 6.15. The first-order chi connectivity index (χ1) is 10.1. The first-order valence-electron chi connectivity index (χ1n) is 7.56. The van der Waals surface area contributed by atoms with Gasteiger partial charge >= 0.3 is 0 Å². The van der Waals surface area contributed by atoms with Gasteiger partial charge in [-0.25, -0.2) is 0 Å². The number of nitrogens with two attached hydrogens (primary N) is 1. The number of aryl methyl sites for hydroxylation is 2. The number of aromatic amines is 1. The molecule has 0 radical (unpaired) electrons. The Morgan fingerprint density at radius 3 is 3.00 bits per heavy atom. The number of nitrogens with one attached hydrogen (secondary N) is 1. The van der Waals surface area contributed by atoms with Gasteiger partial charge in [0.2, 0.25) is 5.95 Å². The molecule has 0 aliphatic carbocycles. The van der Waals surface area contributed by atoms with Gasteiger partial charge in [-0.2, -0.15) is 10.1 Å². The average Bonchev–Trinajstić information content (AvgIpc) is 3.08. The molecule has 3 heterocycles. The Morgan fingerprint density at radius 1 is 1.48 bits per heavy atom. The molecule has 114 valence electrons. The van der Waals surface area contributed by atoms with E-state index in [1.165, 1.54) is 0 Å². The number of nitrogens with zero attached hydrogens (tertiary/aromatic N) is 5. The predicted octanol–water partition coefficient (Wildman–Crippen LogP) is 1.17. The summed E-state index contributed by atoms with van der Waals surface area (Å²) in [5.41, 5.74) is 8.11. The van der Waals surface area contributed by atoms with Gasteiger partial charge in [0.25, 0.3) is 0 Å². The molecule has 3 N–H and O–H groups in total. The fourth-order valence-corrected chi connectivity index (χ4v) is 2.77. The summed E-state index contributed by atoms with van der Waals surface area (Å²) >= 11 is 0. The van der Waals surface area contributed by atoms with Crippen LogP contribution < -0.4 is 10.6 Å². The van der Waals surface area contributed by atoms with Crippen LogP contribution in [0.25, 0.3) is 11.5 Å². The third kappa shape index (κ3) is 2.65. The smallest absolute Gasteiger partial charge is 0.245 e. The molecule has 21 heavy (non-hydrogen) atoms. The standard InChI is InChI=1S/C14H23N7/c1-4-21-12(7-10(3)19-21)13-16-14(18-17-13)20-6-5-9(2)11(15)8-20/h7,9,11H,4-6,8,15H2,1-3H3,(H,16,17,18). The van der Waals surface area contributed by atoms with Gasteiger partial charge in [0, 0.05) is 25.7 Å². The largest absolute Gasteiger partial charge is 0.338 e. The lowest BCUT2D eigenvalue weighted by Gasteiger charge is -2.34. The van der Waals surface area contributed by atoms with Gasteiger partial charge in [0.1, 0.15) is 5.69 Å². The topological polar surface area (TPSA) is 88.7 Å². The van der Waals surface area contributed by atoms with Crippen LogP contribution in [-0.2, 0) is 6.54 Å². The van der Waals surface area contributed by atoms with Gasteiger partial charge in [-0.1, -0.05) is 6.92 Å². The van der Waals surface area contributed by atoms with Crippen molar-refractivity contribution in [1.82, 2.24) is 25.0 Å². The number of hydrogen-bond acceptors (Lipinski definition) is 5. The fraction of sp³-hybridized carbons (Fsp3) is 0.643. The van der Waals surface area contributed by atoms with Crippen molar-refractivity contribution in [1.29, 1.82) is 0 Å². The van der Waals surface area contributed by atoms with Crippen LogP contribution in [0.1, 0.15) is 26.0 Å². The van der Waals surface area contributed by atoms with Crippen LogP contribution >= 0.6 is 0 Å². The molecule has 1 aliphatic rings. The van der Waals surface area contributed by atoms with E-state index >= 15 is 0 Å². The molecule has 1 fully saturated rings. The molecule has 7 heteroatoms. The maximum Gasteiger partial charge on any atom is 0.245 e. The van der Waals surface area contributed by atoms with Crippen LogP contribution in [-0.4, -0.2) is 44.1 Å². The van der Waals surface area contributed by atoms with Crippen molar-refractivity contribution in [3.05, 3.63) is 11.8 Å². The number of anilines is 1. The van der Waals surface area contributed by atoms with Crippen molar-refractivity contribution >= 4 is 5.95 Å². The highest BCUT2D eigenvalue weighted by Crippen LogP contribution is 2.22. The van der Waals surface area contributed by atoms with Crippen LogP contribution in [0.4, 0.5) is 5.95 Å². The lowest BCUT2D eigenvalue weighted by Crippen LogP contribution is -2.48. The van der Waals surface area contributed by atoms with Gasteiger partial charge < -0.3 is 10.6 Å². The third-order valence-corrected chi connectivity index (χ3v) is 4.22. The SMILES string of the molecule is CCn1nc(C)cc1-c1nc(N2CCC(C)C(N)C2)n[nH]1. The lowest BCUT2D eigenvalue weighted by atomic mass is 9.95. The van der Waals surface area contributed by atoms with E-state index in [1.807, 2.05) is 17.7 Å². The average molecular weight is 289 g/mol. The molecule has 0 amide bonds. The minimum absolute atomic E-state index is 0.184. The minimum Gasteiger partial charge on any atom is -0.338 e. The summed E-state index contributed by atoms with van der Waals surface area (Å²) in [6, 6.07) is 2.21. The normalized spacial score (nSPS) is 22.8. The molecule has 0 saturated carbocycles. The van der Waals surface area contributed by atoms with Crippen LogP contribution in [0, 0.1) is 12.8 Å². The van der Waals surface area contributed by atoms with Crippen molar-refractivity contribution in [2.75, 3.05) is 18.0 Å². The number of aromatic nitrogens is 5. The van der Waals surface area contributed by atoms with Crippen LogP contribution in [0.15, 0.2) is 6.07 Å². The highest BCUT2D eigenvalue weighted by atomic mass is 15.4. The quantitative estimate of drug-likeness (QED) is 0.885. The summed E-state index contributed by atoms with van der Waals surface area (Å²) in [6.07, 6.45) is 1.08. The second-order valence-corrected chi connectivity index (χ2v) is 5.85. The molecule has 0 aromatic carbocycles. The van der Waals surface area contributed by atoms with Gasteiger partial charge in [-0.05, 0) is 32.3 Å². The molecular formula is C14H23N7. The van der Waals surface area contributed by atoms with Gasteiger partial charge in [0.15, 0.2) is 5.82 Å². The Labute approximate surface area is 124 Å². The predicted molar refractivity (Wildman–Crippen MR) is 82.0 cm³/mol. The summed E-state index contributed by atoms with van der Waals surface area (Å²) in [5, 5.41) is 11.8. The zero-order valence-electron chi connectivity index (χ0n) is 12.9. The summed E-state index contributed by atoms with van der Waals surface area (Å²) in [7, 11) is 0. The summed E-state index contributed by atoms with van der Waals surface area (Å²) in [4.78, 5) is 6.79.